The SMILES string of the molecule is O=C(O)CCCC1(F)CCCC1. The summed E-state index contributed by atoms with van der Waals surface area (Å²) >= 11 is 0. The Morgan fingerprint density at radius 1 is 1.42 bits per heavy atom. The van der Waals surface area contributed by atoms with Crippen LogP contribution in [0.25, 0.3) is 0 Å². The molecule has 0 aromatic carbocycles. The van der Waals surface area contributed by atoms with E-state index in [0.29, 0.717) is 25.7 Å². The Hall–Kier alpha value is -0.600. The van der Waals surface area contributed by atoms with Gasteiger partial charge in [-0.05, 0) is 25.7 Å². The van der Waals surface area contributed by atoms with Crippen LogP contribution in [0.5, 0.6) is 0 Å². The molecule has 3 heteroatoms. The first-order valence-electron chi connectivity index (χ1n) is 4.53. The van der Waals surface area contributed by atoms with Gasteiger partial charge >= 0.3 is 5.97 Å². The highest BCUT2D eigenvalue weighted by Crippen LogP contribution is 2.37. The maximum absolute atomic E-state index is 13.6. The average molecular weight is 174 g/mol. The van der Waals surface area contributed by atoms with Crippen molar-refractivity contribution in [3.05, 3.63) is 0 Å². The van der Waals surface area contributed by atoms with Gasteiger partial charge in [-0.1, -0.05) is 12.8 Å². The first-order valence-corrected chi connectivity index (χ1v) is 4.53. The van der Waals surface area contributed by atoms with Gasteiger partial charge < -0.3 is 5.11 Å². The minimum Gasteiger partial charge on any atom is -0.481 e. The van der Waals surface area contributed by atoms with Gasteiger partial charge in [-0.25, -0.2) is 4.39 Å². The molecule has 0 spiro atoms. The van der Waals surface area contributed by atoms with Gasteiger partial charge in [0.05, 0.1) is 0 Å². The molecule has 70 valence electrons. The van der Waals surface area contributed by atoms with Crippen molar-refractivity contribution in [1.29, 1.82) is 0 Å². The van der Waals surface area contributed by atoms with E-state index < -0.39 is 11.6 Å². The summed E-state index contributed by atoms with van der Waals surface area (Å²) in [5.74, 6) is -0.823. The molecule has 1 saturated carbocycles. The summed E-state index contributed by atoms with van der Waals surface area (Å²) in [4.78, 5) is 10.2. The summed E-state index contributed by atoms with van der Waals surface area (Å²) in [7, 11) is 0. The van der Waals surface area contributed by atoms with Crippen LogP contribution in [0.2, 0.25) is 0 Å². The minimum absolute atomic E-state index is 0.103. The standard InChI is InChI=1S/C9H15FO2/c10-9(5-1-2-6-9)7-3-4-8(11)12/h1-7H2,(H,11,12). The Kier molecular flexibility index (Phi) is 3.06. The first-order chi connectivity index (χ1) is 5.62. The molecule has 0 bridgehead atoms. The van der Waals surface area contributed by atoms with E-state index in [1.807, 2.05) is 0 Å². The molecule has 0 unspecified atom stereocenters. The molecule has 0 radical (unpaired) electrons. The smallest absolute Gasteiger partial charge is 0.303 e. The average Bonchev–Trinajstić information content (AvgIpc) is 2.35. The predicted molar refractivity (Wildman–Crippen MR) is 43.8 cm³/mol. The van der Waals surface area contributed by atoms with Crippen LogP contribution in [0.3, 0.4) is 0 Å². The number of alkyl halides is 1. The van der Waals surface area contributed by atoms with Crippen LogP contribution in [0.15, 0.2) is 0 Å². The number of halogens is 1. The highest BCUT2D eigenvalue weighted by Gasteiger charge is 2.32. The number of carbonyl (C=O) groups is 1. The quantitative estimate of drug-likeness (QED) is 0.711. The molecule has 0 aromatic rings. The third kappa shape index (κ3) is 2.80. The van der Waals surface area contributed by atoms with Crippen LogP contribution in [0, 0.1) is 0 Å². The van der Waals surface area contributed by atoms with E-state index >= 15 is 0 Å². The van der Waals surface area contributed by atoms with Gasteiger partial charge in [0.25, 0.3) is 0 Å². The van der Waals surface area contributed by atoms with Crippen molar-refractivity contribution in [1.82, 2.24) is 0 Å². The van der Waals surface area contributed by atoms with E-state index in [9.17, 15) is 9.18 Å². The first kappa shape index (κ1) is 9.49. The Balaban J connectivity index is 2.17. The Bertz CT molecular complexity index is 162. The zero-order valence-corrected chi connectivity index (χ0v) is 7.18. The van der Waals surface area contributed by atoms with Crippen molar-refractivity contribution >= 4 is 5.97 Å². The van der Waals surface area contributed by atoms with Crippen molar-refractivity contribution in [2.45, 2.75) is 50.6 Å². The number of rotatable bonds is 4. The largest absolute Gasteiger partial charge is 0.481 e. The molecule has 2 nitrogen and oxygen atoms in total. The topological polar surface area (TPSA) is 37.3 Å². The molecule has 1 aliphatic rings. The fourth-order valence-electron chi connectivity index (χ4n) is 1.82. The monoisotopic (exact) mass is 174 g/mol. The molecule has 0 amide bonds. The predicted octanol–water partition coefficient (Wildman–Crippen LogP) is 2.52. The van der Waals surface area contributed by atoms with Crippen molar-refractivity contribution in [2.24, 2.45) is 0 Å². The molecule has 1 rings (SSSR count). The van der Waals surface area contributed by atoms with E-state index in [4.69, 9.17) is 5.11 Å². The molecule has 12 heavy (non-hydrogen) atoms. The molecule has 0 aromatic heterocycles. The van der Waals surface area contributed by atoms with Gasteiger partial charge in [-0.15, -0.1) is 0 Å². The molecule has 1 aliphatic carbocycles. The van der Waals surface area contributed by atoms with Crippen molar-refractivity contribution < 1.29 is 14.3 Å². The van der Waals surface area contributed by atoms with Crippen LogP contribution < -0.4 is 0 Å². The fraction of sp³-hybridized carbons (Fsp3) is 0.889. The van der Waals surface area contributed by atoms with E-state index in [0.717, 1.165) is 12.8 Å². The van der Waals surface area contributed by atoms with Crippen molar-refractivity contribution in [2.75, 3.05) is 0 Å². The second-order valence-electron chi connectivity index (χ2n) is 3.61. The minimum atomic E-state index is -1.03. The molecule has 0 atom stereocenters. The lowest BCUT2D eigenvalue weighted by molar-refractivity contribution is -0.137. The van der Waals surface area contributed by atoms with Gasteiger partial charge in [0, 0.05) is 6.42 Å². The summed E-state index contributed by atoms with van der Waals surface area (Å²) in [6.07, 6.45) is 4.20. The molecular formula is C9H15FO2. The van der Waals surface area contributed by atoms with Crippen molar-refractivity contribution in [3.63, 3.8) is 0 Å². The fourth-order valence-corrected chi connectivity index (χ4v) is 1.82. The summed E-state index contributed by atoms with van der Waals surface area (Å²) in [6.45, 7) is 0. The number of hydrogen-bond donors (Lipinski definition) is 1. The van der Waals surface area contributed by atoms with E-state index in [1.54, 1.807) is 0 Å². The lowest BCUT2D eigenvalue weighted by atomic mass is 9.97. The van der Waals surface area contributed by atoms with Gasteiger partial charge in [0.1, 0.15) is 5.67 Å². The Morgan fingerprint density at radius 3 is 2.50 bits per heavy atom. The van der Waals surface area contributed by atoms with E-state index in [1.165, 1.54) is 0 Å². The van der Waals surface area contributed by atoms with Gasteiger partial charge in [0.2, 0.25) is 0 Å². The van der Waals surface area contributed by atoms with Crippen LogP contribution in [-0.4, -0.2) is 16.7 Å². The number of carboxylic acid groups (broad SMARTS) is 1. The third-order valence-electron chi connectivity index (χ3n) is 2.52. The second kappa shape index (κ2) is 3.87. The van der Waals surface area contributed by atoms with E-state index in [-0.39, 0.29) is 6.42 Å². The maximum atomic E-state index is 13.6. The molecule has 0 aliphatic heterocycles. The normalized spacial score (nSPS) is 21.1. The highest BCUT2D eigenvalue weighted by atomic mass is 19.1. The maximum Gasteiger partial charge on any atom is 0.303 e. The number of aliphatic carboxylic acids is 1. The lowest BCUT2D eigenvalue weighted by Crippen LogP contribution is -2.17. The van der Waals surface area contributed by atoms with Gasteiger partial charge in [0.15, 0.2) is 0 Å². The number of hydrogen-bond acceptors (Lipinski definition) is 1. The molecule has 1 N–H and O–H groups in total. The molecule has 1 fully saturated rings. The van der Waals surface area contributed by atoms with Crippen LogP contribution >= 0.6 is 0 Å². The summed E-state index contributed by atoms with van der Waals surface area (Å²) < 4.78 is 13.6. The summed E-state index contributed by atoms with van der Waals surface area (Å²) in [5.41, 5.74) is -1.03. The van der Waals surface area contributed by atoms with Gasteiger partial charge in [-0.2, -0.15) is 0 Å². The number of carboxylic acids is 1. The molecule has 0 saturated heterocycles. The van der Waals surface area contributed by atoms with Crippen LogP contribution in [0.4, 0.5) is 4.39 Å². The summed E-state index contributed by atoms with van der Waals surface area (Å²) in [6, 6.07) is 0. The lowest BCUT2D eigenvalue weighted by Gasteiger charge is -2.17. The van der Waals surface area contributed by atoms with Crippen LogP contribution in [-0.2, 0) is 4.79 Å². The molecular weight excluding hydrogens is 159 g/mol. The summed E-state index contributed by atoms with van der Waals surface area (Å²) in [5, 5.41) is 8.35. The van der Waals surface area contributed by atoms with Crippen molar-refractivity contribution in [3.8, 4) is 0 Å². The third-order valence-corrected chi connectivity index (χ3v) is 2.52. The second-order valence-corrected chi connectivity index (χ2v) is 3.61. The zero-order chi connectivity index (χ0) is 9.03. The van der Waals surface area contributed by atoms with Crippen LogP contribution in [0.1, 0.15) is 44.9 Å². The highest BCUT2D eigenvalue weighted by molar-refractivity contribution is 5.66. The Morgan fingerprint density at radius 2 is 2.00 bits per heavy atom. The van der Waals surface area contributed by atoms with Gasteiger partial charge in [-0.3, -0.25) is 4.79 Å². The Labute approximate surface area is 71.8 Å². The zero-order valence-electron chi connectivity index (χ0n) is 7.18. The molecule has 0 heterocycles. The van der Waals surface area contributed by atoms with E-state index in [2.05, 4.69) is 0 Å².